The number of halogens is 2. The van der Waals surface area contributed by atoms with Gasteiger partial charge in [0.25, 0.3) is 0 Å². The van der Waals surface area contributed by atoms with Gasteiger partial charge in [0.1, 0.15) is 11.5 Å². The van der Waals surface area contributed by atoms with Crippen LogP contribution in [0.2, 0.25) is 0 Å². The molecule has 1 aromatic carbocycles. The molecule has 0 saturated heterocycles. The molecule has 0 amide bonds. The van der Waals surface area contributed by atoms with Gasteiger partial charge in [-0.2, -0.15) is 15.4 Å². The van der Waals surface area contributed by atoms with Crippen molar-refractivity contribution < 1.29 is 4.39 Å². The van der Waals surface area contributed by atoms with Gasteiger partial charge in [-0.15, -0.1) is 0 Å². The molecule has 80 valence electrons. The minimum atomic E-state index is -0.331. The Balaban J connectivity index is 2.23. The van der Waals surface area contributed by atoms with Gasteiger partial charge < -0.3 is 4.98 Å². The Labute approximate surface area is 97.2 Å². The highest BCUT2D eigenvalue weighted by Gasteiger charge is 2.10. The summed E-state index contributed by atoms with van der Waals surface area (Å²) in [6.07, 6.45) is 1.54. The highest BCUT2D eigenvalue weighted by molar-refractivity contribution is 9.10. The van der Waals surface area contributed by atoms with Crippen molar-refractivity contribution in [1.82, 2.24) is 25.4 Å². The summed E-state index contributed by atoms with van der Waals surface area (Å²) in [5, 5.41) is 10.1. The van der Waals surface area contributed by atoms with E-state index in [4.69, 9.17) is 0 Å². The van der Waals surface area contributed by atoms with Gasteiger partial charge in [0.05, 0.1) is 21.7 Å². The lowest BCUT2D eigenvalue weighted by Gasteiger charge is -1.92. The molecule has 7 heteroatoms. The van der Waals surface area contributed by atoms with Crippen LogP contribution >= 0.6 is 15.9 Å². The molecule has 0 saturated carbocycles. The molecule has 0 unspecified atom stereocenters. The molecule has 16 heavy (non-hydrogen) atoms. The molecule has 0 bridgehead atoms. The highest BCUT2D eigenvalue weighted by Crippen LogP contribution is 2.24. The Morgan fingerprint density at radius 1 is 1.31 bits per heavy atom. The van der Waals surface area contributed by atoms with Gasteiger partial charge in [-0.05, 0) is 22.0 Å². The lowest BCUT2D eigenvalue weighted by atomic mass is 10.3. The number of imidazole rings is 1. The number of hydrogen-bond donors (Lipinski definition) is 2. The number of aromatic amines is 2. The van der Waals surface area contributed by atoms with E-state index in [1.54, 1.807) is 12.3 Å². The molecule has 3 rings (SSSR count). The van der Waals surface area contributed by atoms with Crippen LogP contribution in [0.15, 0.2) is 22.8 Å². The van der Waals surface area contributed by atoms with Crippen molar-refractivity contribution in [2.75, 3.05) is 0 Å². The Bertz CT molecular complexity index is 606. The summed E-state index contributed by atoms with van der Waals surface area (Å²) < 4.78 is 13.7. The van der Waals surface area contributed by atoms with E-state index in [1.807, 2.05) is 0 Å². The normalized spacial score (nSPS) is 11.1. The van der Waals surface area contributed by atoms with Crippen LogP contribution < -0.4 is 0 Å². The van der Waals surface area contributed by atoms with Crippen LogP contribution in [-0.2, 0) is 0 Å². The molecule has 0 atom stereocenters. The van der Waals surface area contributed by atoms with Gasteiger partial charge in [0.2, 0.25) is 0 Å². The van der Waals surface area contributed by atoms with E-state index in [0.29, 0.717) is 27.0 Å². The van der Waals surface area contributed by atoms with Gasteiger partial charge in [-0.3, -0.25) is 0 Å². The van der Waals surface area contributed by atoms with Crippen LogP contribution in [-0.4, -0.2) is 25.4 Å². The molecule has 2 N–H and O–H groups in total. The zero-order valence-corrected chi connectivity index (χ0v) is 9.42. The average Bonchev–Trinajstić information content (AvgIpc) is 2.86. The number of rotatable bonds is 1. The van der Waals surface area contributed by atoms with Crippen molar-refractivity contribution in [2.45, 2.75) is 0 Å². The molecule has 5 nitrogen and oxygen atoms in total. The first-order valence-electron chi connectivity index (χ1n) is 4.45. The lowest BCUT2D eigenvalue weighted by Crippen LogP contribution is -1.79. The Morgan fingerprint density at radius 3 is 2.94 bits per heavy atom. The quantitative estimate of drug-likeness (QED) is 0.719. The number of aromatic nitrogens is 5. The third kappa shape index (κ3) is 1.40. The second-order valence-corrected chi connectivity index (χ2v) is 4.08. The molecular weight excluding hydrogens is 277 g/mol. The lowest BCUT2D eigenvalue weighted by molar-refractivity contribution is 0.623. The largest absolute Gasteiger partial charge is 0.336 e. The first-order chi connectivity index (χ1) is 7.74. The number of benzene rings is 1. The van der Waals surface area contributed by atoms with E-state index < -0.39 is 0 Å². The maximum absolute atomic E-state index is 13.3. The fourth-order valence-corrected chi connectivity index (χ4v) is 1.77. The summed E-state index contributed by atoms with van der Waals surface area (Å²) in [7, 11) is 0. The molecule has 0 aliphatic carbocycles. The van der Waals surface area contributed by atoms with Crippen LogP contribution in [0.1, 0.15) is 0 Å². The number of fused-ring (bicyclic) bond motifs is 1. The third-order valence-electron chi connectivity index (χ3n) is 2.18. The summed E-state index contributed by atoms with van der Waals surface area (Å²) >= 11 is 3.11. The first-order valence-corrected chi connectivity index (χ1v) is 5.24. The number of H-pyrrole nitrogens is 2. The first kappa shape index (κ1) is 9.46. The van der Waals surface area contributed by atoms with Crippen LogP contribution in [0.4, 0.5) is 4.39 Å². The van der Waals surface area contributed by atoms with E-state index >= 15 is 0 Å². The SMILES string of the molecule is Fc1cc2[nH]c(-c3cn[nH]n3)nc2cc1Br. The third-order valence-corrected chi connectivity index (χ3v) is 2.79. The highest BCUT2D eigenvalue weighted by atomic mass is 79.9. The summed E-state index contributed by atoms with van der Waals surface area (Å²) in [5.41, 5.74) is 1.89. The van der Waals surface area contributed by atoms with Gasteiger partial charge in [0, 0.05) is 6.07 Å². The van der Waals surface area contributed by atoms with E-state index in [0.717, 1.165) is 0 Å². The van der Waals surface area contributed by atoms with Crippen molar-refractivity contribution >= 4 is 27.0 Å². The summed E-state index contributed by atoms with van der Waals surface area (Å²) in [4.78, 5) is 7.25. The Morgan fingerprint density at radius 2 is 2.19 bits per heavy atom. The second-order valence-electron chi connectivity index (χ2n) is 3.22. The molecule has 0 radical (unpaired) electrons. The fourth-order valence-electron chi connectivity index (χ4n) is 1.44. The van der Waals surface area contributed by atoms with E-state index in [9.17, 15) is 4.39 Å². The molecule has 3 aromatic rings. The standard InChI is InChI=1S/C9H5BrFN5/c10-4-1-6-7(2-5(4)11)14-9(13-6)8-3-12-16-15-8/h1-3H,(H,13,14)(H,12,15,16). The van der Waals surface area contributed by atoms with Crippen molar-refractivity contribution in [3.05, 3.63) is 28.6 Å². The van der Waals surface area contributed by atoms with E-state index in [-0.39, 0.29) is 5.82 Å². The van der Waals surface area contributed by atoms with Crippen molar-refractivity contribution in [3.63, 3.8) is 0 Å². The minimum absolute atomic E-state index is 0.331. The molecule has 0 aliphatic rings. The van der Waals surface area contributed by atoms with Crippen molar-refractivity contribution in [3.8, 4) is 11.5 Å². The zero-order valence-electron chi connectivity index (χ0n) is 7.83. The molecule has 0 aliphatic heterocycles. The van der Waals surface area contributed by atoms with Crippen LogP contribution in [0, 0.1) is 5.82 Å². The number of nitrogens with zero attached hydrogens (tertiary/aromatic N) is 3. The Kier molecular flexibility index (Phi) is 2.00. The van der Waals surface area contributed by atoms with Crippen molar-refractivity contribution in [1.29, 1.82) is 0 Å². The molecule has 2 heterocycles. The fraction of sp³-hybridized carbons (Fsp3) is 0. The topological polar surface area (TPSA) is 70.2 Å². The van der Waals surface area contributed by atoms with E-state index in [2.05, 4.69) is 41.3 Å². The molecule has 0 spiro atoms. The predicted octanol–water partition coefficient (Wildman–Crippen LogP) is 2.25. The summed E-state index contributed by atoms with van der Waals surface area (Å²) in [5.74, 6) is 0.226. The second kappa shape index (κ2) is 3.38. The summed E-state index contributed by atoms with van der Waals surface area (Å²) in [6.45, 7) is 0. The van der Waals surface area contributed by atoms with Gasteiger partial charge in [-0.1, -0.05) is 0 Å². The number of hydrogen-bond acceptors (Lipinski definition) is 3. The average molecular weight is 282 g/mol. The maximum atomic E-state index is 13.3. The predicted molar refractivity (Wildman–Crippen MR) is 59.1 cm³/mol. The summed E-state index contributed by atoms with van der Waals surface area (Å²) in [6, 6.07) is 3.00. The van der Waals surface area contributed by atoms with E-state index in [1.165, 1.54) is 6.07 Å². The molecular formula is C9H5BrFN5. The monoisotopic (exact) mass is 281 g/mol. The Hall–Kier alpha value is -1.76. The van der Waals surface area contributed by atoms with Crippen molar-refractivity contribution in [2.24, 2.45) is 0 Å². The molecule has 2 aromatic heterocycles. The van der Waals surface area contributed by atoms with Crippen LogP contribution in [0.3, 0.4) is 0 Å². The van der Waals surface area contributed by atoms with Gasteiger partial charge in [0.15, 0.2) is 5.82 Å². The van der Waals surface area contributed by atoms with Gasteiger partial charge >= 0.3 is 0 Å². The van der Waals surface area contributed by atoms with Crippen LogP contribution in [0.25, 0.3) is 22.6 Å². The van der Waals surface area contributed by atoms with Gasteiger partial charge in [-0.25, -0.2) is 9.37 Å². The maximum Gasteiger partial charge on any atom is 0.160 e. The zero-order chi connectivity index (χ0) is 11.1. The number of nitrogens with one attached hydrogen (secondary N) is 2. The van der Waals surface area contributed by atoms with Crippen LogP contribution in [0.5, 0.6) is 0 Å². The molecule has 0 fully saturated rings. The minimum Gasteiger partial charge on any atom is -0.336 e. The smallest absolute Gasteiger partial charge is 0.160 e.